The van der Waals surface area contributed by atoms with Crippen LogP contribution in [0.3, 0.4) is 0 Å². The summed E-state index contributed by atoms with van der Waals surface area (Å²) in [7, 11) is 0. The molecule has 2 aromatic heterocycles. The summed E-state index contributed by atoms with van der Waals surface area (Å²) in [5.41, 5.74) is 2.73. The molecule has 0 radical (unpaired) electrons. The summed E-state index contributed by atoms with van der Waals surface area (Å²) in [4.78, 5) is 4.45. The normalized spacial score (nSPS) is 10.9. The number of rotatable bonds is 3. The van der Waals surface area contributed by atoms with Crippen molar-refractivity contribution in [3.63, 3.8) is 0 Å². The Labute approximate surface area is 126 Å². The zero-order valence-corrected chi connectivity index (χ0v) is 12.3. The quantitative estimate of drug-likeness (QED) is 0.711. The van der Waals surface area contributed by atoms with Crippen molar-refractivity contribution >= 4 is 28.8 Å². The van der Waals surface area contributed by atoms with Crippen LogP contribution in [-0.2, 0) is 6.61 Å². The van der Waals surface area contributed by atoms with E-state index in [0.717, 1.165) is 22.7 Å². The van der Waals surface area contributed by atoms with Crippen LogP contribution in [-0.4, -0.2) is 9.38 Å². The van der Waals surface area contributed by atoms with E-state index in [0.29, 0.717) is 16.7 Å². The van der Waals surface area contributed by atoms with E-state index >= 15 is 0 Å². The molecular formula is C15H12Cl2N2O. The molecule has 0 atom stereocenters. The molecule has 0 amide bonds. The lowest BCUT2D eigenvalue weighted by molar-refractivity contribution is 0.308. The van der Waals surface area contributed by atoms with Gasteiger partial charge in [0.05, 0.1) is 15.7 Å². The van der Waals surface area contributed by atoms with E-state index in [4.69, 9.17) is 27.9 Å². The van der Waals surface area contributed by atoms with E-state index in [2.05, 4.69) is 4.98 Å². The van der Waals surface area contributed by atoms with Crippen molar-refractivity contribution in [2.75, 3.05) is 0 Å². The van der Waals surface area contributed by atoms with Crippen molar-refractivity contribution in [3.8, 4) is 5.75 Å². The fourth-order valence-corrected chi connectivity index (χ4v) is 2.33. The lowest BCUT2D eigenvalue weighted by Gasteiger charge is -2.08. The molecule has 5 heteroatoms. The Balaban J connectivity index is 1.84. The summed E-state index contributed by atoms with van der Waals surface area (Å²) >= 11 is 11.9. The molecule has 0 aliphatic carbocycles. The maximum Gasteiger partial charge on any atom is 0.179 e. The summed E-state index contributed by atoms with van der Waals surface area (Å²) in [6, 6.07) is 9.30. The predicted octanol–water partition coefficient (Wildman–Crippen LogP) is 4.53. The van der Waals surface area contributed by atoms with Gasteiger partial charge in [-0.2, -0.15) is 0 Å². The number of aryl methyl sites for hydroxylation is 1. The summed E-state index contributed by atoms with van der Waals surface area (Å²) < 4.78 is 7.77. The van der Waals surface area contributed by atoms with Crippen molar-refractivity contribution in [1.29, 1.82) is 0 Å². The van der Waals surface area contributed by atoms with Crippen LogP contribution in [0.1, 0.15) is 11.3 Å². The van der Waals surface area contributed by atoms with Gasteiger partial charge in [-0.3, -0.25) is 0 Å². The van der Waals surface area contributed by atoms with E-state index in [-0.39, 0.29) is 0 Å². The van der Waals surface area contributed by atoms with Gasteiger partial charge in [-0.15, -0.1) is 0 Å². The first-order chi connectivity index (χ1) is 9.63. The fourth-order valence-electron chi connectivity index (χ4n) is 2.01. The topological polar surface area (TPSA) is 26.5 Å². The molecule has 2 heterocycles. The second-order valence-electron chi connectivity index (χ2n) is 4.52. The molecule has 0 aliphatic rings. The van der Waals surface area contributed by atoms with Gasteiger partial charge in [-0.05, 0) is 36.8 Å². The van der Waals surface area contributed by atoms with E-state index < -0.39 is 0 Å². The Morgan fingerprint density at radius 3 is 2.85 bits per heavy atom. The number of pyridine rings is 1. The van der Waals surface area contributed by atoms with Crippen molar-refractivity contribution < 1.29 is 4.74 Å². The summed E-state index contributed by atoms with van der Waals surface area (Å²) in [6.45, 7) is 2.37. The first-order valence-electron chi connectivity index (χ1n) is 6.14. The number of benzene rings is 1. The molecule has 3 aromatic rings. The lowest BCUT2D eigenvalue weighted by atomic mass is 10.2. The number of hydrogen-bond acceptors (Lipinski definition) is 2. The molecule has 0 saturated heterocycles. The third kappa shape index (κ3) is 2.60. The molecule has 0 unspecified atom stereocenters. The number of fused-ring (bicyclic) bond motifs is 1. The van der Waals surface area contributed by atoms with Gasteiger partial charge in [-0.25, -0.2) is 4.98 Å². The number of halogens is 2. The SMILES string of the molecule is Cc1cn2cccc(OCc3ccc(Cl)c(Cl)c3)c2n1. The van der Waals surface area contributed by atoms with Crippen LogP contribution in [0.15, 0.2) is 42.7 Å². The lowest BCUT2D eigenvalue weighted by Crippen LogP contribution is -1.97. The van der Waals surface area contributed by atoms with E-state index in [9.17, 15) is 0 Å². The van der Waals surface area contributed by atoms with Crippen LogP contribution in [0.2, 0.25) is 10.0 Å². The Hall–Kier alpha value is -1.71. The third-order valence-electron chi connectivity index (χ3n) is 2.95. The standard InChI is InChI=1S/C15H12Cl2N2O/c1-10-8-19-6-2-3-14(15(19)18-10)20-9-11-4-5-12(16)13(17)7-11/h2-8H,9H2,1H3. The number of nitrogens with zero attached hydrogens (tertiary/aromatic N) is 2. The van der Waals surface area contributed by atoms with Crippen LogP contribution in [0.25, 0.3) is 5.65 Å². The fraction of sp³-hybridized carbons (Fsp3) is 0.133. The summed E-state index contributed by atoms with van der Waals surface area (Å²) in [5.74, 6) is 0.742. The van der Waals surface area contributed by atoms with Gasteiger partial charge in [0, 0.05) is 12.4 Å². The van der Waals surface area contributed by atoms with Crippen LogP contribution < -0.4 is 4.74 Å². The Morgan fingerprint density at radius 2 is 2.05 bits per heavy atom. The van der Waals surface area contributed by atoms with Crippen LogP contribution in [0, 0.1) is 6.92 Å². The van der Waals surface area contributed by atoms with Crippen LogP contribution in [0.5, 0.6) is 5.75 Å². The maximum atomic E-state index is 5.99. The van der Waals surface area contributed by atoms with Gasteiger partial charge in [0.25, 0.3) is 0 Å². The van der Waals surface area contributed by atoms with Crippen molar-refractivity contribution in [2.24, 2.45) is 0 Å². The molecule has 1 aromatic carbocycles. The molecule has 0 saturated carbocycles. The zero-order chi connectivity index (χ0) is 14.1. The van der Waals surface area contributed by atoms with E-state index in [1.807, 2.05) is 41.9 Å². The molecule has 102 valence electrons. The number of imidazole rings is 1. The third-order valence-corrected chi connectivity index (χ3v) is 3.68. The van der Waals surface area contributed by atoms with Crippen LogP contribution in [0.4, 0.5) is 0 Å². The highest BCUT2D eigenvalue weighted by Crippen LogP contribution is 2.24. The minimum atomic E-state index is 0.419. The van der Waals surface area contributed by atoms with Gasteiger partial charge in [0.2, 0.25) is 0 Å². The second kappa shape index (κ2) is 5.35. The molecule has 3 rings (SSSR count). The van der Waals surface area contributed by atoms with Crippen LogP contribution >= 0.6 is 23.2 Å². The highest BCUT2D eigenvalue weighted by atomic mass is 35.5. The largest absolute Gasteiger partial charge is 0.485 e. The maximum absolute atomic E-state index is 5.99. The average molecular weight is 307 g/mol. The predicted molar refractivity (Wildman–Crippen MR) is 80.7 cm³/mol. The molecule has 0 aliphatic heterocycles. The van der Waals surface area contributed by atoms with Crippen molar-refractivity contribution in [1.82, 2.24) is 9.38 Å². The summed E-state index contributed by atoms with van der Waals surface area (Å²) in [5, 5.41) is 1.07. The Kier molecular flexibility index (Phi) is 3.55. The van der Waals surface area contributed by atoms with Gasteiger partial charge in [-0.1, -0.05) is 29.3 Å². The van der Waals surface area contributed by atoms with Gasteiger partial charge in [0.15, 0.2) is 11.4 Å². The van der Waals surface area contributed by atoms with Gasteiger partial charge in [0.1, 0.15) is 6.61 Å². The Morgan fingerprint density at radius 1 is 1.20 bits per heavy atom. The van der Waals surface area contributed by atoms with Crippen molar-refractivity contribution in [2.45, 2.75) is 13.5 Å². The highest BCUT2D eigenvalue weighted by Gasteiger charge is 2.06. The average Bonchev–Trinajstić information content (AvgIpc) is 2.81. The molecule has 0 bridgehead atoms. The minimum Gasteiger partial charge on any atom is -0.485 e. The van der Waals surface area contributed by atoms with Gasteiger partial charge < -0.3 is 9.14 Å². The first-order valence-corrected chi connectivity index (χ1v) is 6.90. The molecule has 0 N–H and O–H groups in total. The first kappa shape index (κ1) is 13.3. The number of aromatic nitrogens is 2. The van der Waals surface area contributed by atoms with E-state index in [1.54, 1.807) is 12.1 Å². The summed E-state index contributed by atoms with van der Waals surface area (Å²) in [6.07, 6.45) is 3.91. The number of hydrogen-bond donors (Lipinski definition) is 0. The monoisotopic (exact) mass is 306 g/mol. The molecule has 0 spiro atoms. The number of ether oxygens (including phenoxy) is 1. The zero-order valence-electron chi connectivity index (χ0n) is 10.8. The Bertz CT molecular complexity index is 768. The molecular weight excluding hydrogens is 295 g/mol. The van der Waals surface area contributed by atoms with Crippen molar-refractivity contribution in [3.05, 3.63) is 64.0 Å². The van der Waals surface area contributed by atoms with Gasteiger partial charge >= 0.3 is 0 Å². The molecule has 0 fully saturated rings. The second-order valence-corrected chi connectivity index (χ2v) is 5.34. The molecule has 3 nitrogen and oxygen atoms in total. The van der Waals surface area contributed by atoms with E-state index in [1.165, 1.54) is 0 Å². The smallest absolute Gasteiger partial charge is 0.179 e. The highest BCUT2D eigenvalue weighted by molar-refractivity contribution is 6.42. The minimum absolute atomic E-state index is 0.419. The molecule has 20 heavy (non-hydrogen) atoms.